The molecule has 1 N–H and O–H groups in total. The second kappa shape index (κ2) is 4.90. The standard InChI is InChI=1S/C14H24N2O2/c1-4-10(2)9-16-8-7-12(17)15-14(3,13(16)18)11-5-6-11/h10-11H,4-9H2,1-3H3,(H,15,17). The minimum atomic E-state index is -0.652. The number of hydrogen-bond acceptors (Lipinski definition) is 2. The molecule has 102 valence electrons. The van der Waals surface area contributed by atoms with Crippen molar-refractivity contribution in [3.05, 3.63) is 0 Å². The van der Waals surface area contributed by atoms with Gasteiger partial charge >= 0.3 is 0 Å². The van der Waals surface area contributed by atoms with E-state index in [1.54, 1.807) is 0 Å². The summed E-state index contributed by atoms with van der Waals surface area (Å²) in [6, 6.07) is 0. The third kappa shape index (κ3) is 2.52. The van der Waals surface area contributed by atoms with E-state index < -0.39 is 5.54 Å². The Morgan fingerprint density at radius 1 is 1.44 bits per heavy atom. The lowest BCUT2D eigenvalue weighted by atomic mass is 9.93. The smallest absolute Gasteiger partial charge is 0.248 e. The van der Waals surface area contributed by atoms with Gasteiger partial charge in [-0.2, -0.15) is 0 Å². The lowest BCUT2D eigenvalue weighted by Crippen LogP contribution is -2.57. The van der Waals surface area contributed by atoms with Crippen molar-refractivity contribution in [1.82, 2.24) is 10.2 Å². The summed E-state index contributed by atoms with van der Waals surface area (Å²) in [7, 11) is 0. The molecule has 2 unspecified atom stereocenters. The van der Waals surface area contributed by atoms with Gasteiger partial charge in [0.05, 0.1) is 0 Å². The summed E-state index contributed by atoms with van der Waals surface area (Å²) in [4.78, 5) is 26.3. The second-order valence-electron chi connectivity index (χ2n) is 6.04. The van der Waals surface area contributed by atoms with Gasteiger partial charge in [-0.1, -0.05) is 20.3 Å². The van der Waals surface area contributed by atoms with Crippen LogP contribution in [0.1, 0.15) is 46.5 Å². The molecule has 18 heavy (non-hydrogen) atoms. The average molecular weight is 252 g/mol. The Hall–Kier alpha value is -1.06. The quantitative estimate of drug-likeness (QED) is 0.825. The van der Waals surface area contributed by atoms with Crippen molar-refractivity contribution in [3.63, 3.8) is 0 Å². The molecule has 0 spiro atoms. The third-order valence-electron chi connectivity index (χ3n) is 4.36. The van der Waals surface area contributed by atoms with Crippen LogP contribution in [0.3, 0.4) is 0 Å². The third-order valence-corrected chi connectivity index (χ3v) is 4.36. The van der Waals surface area contributed by atoms with Crippen molar-refractivity contribution in [1.29, 1.82) is 0 Å². The van der Waals surface area contributed by atoms with E-state index in [0.717, 1.165) is 25.8 Å². The normalized spacial score (nSPS) is 30.9. The van der Waals surface area contributed by atoms with Crippen LogP contribution >= 0.6 is 0 Å². The lowest BCUT2D eigenvalue weighted by molar-refractivity contribution is -0.139. The van der Waals surface area contributed by atoms with Crippen LogP contribution in [0.2, 0.25) is 0 Å². The van der Waals surface area contributed by atoms with Crippen LogP contribution in [0.5, 0.6) is 0 Å². The Kier molecular flexibility index (Phi) is 3.64. The first kappa shape index (κ1) is 13.4. The van der Waals surface area contributed by atoms with E-state index >= 15 is 0 Å². The molecule has 0 aromatic rings. The maximum Gasteiger partial charge on any atom is 0.248 e. The van der Waals surface area contributed by atoms with E-state index in [4.69, 9.17) is 0 Å². The van der Waals surface area contributed by atoms with Crippen LogP contribution < -0.4 is 5.32 Å². The fraction of sp³-hybridized carbons (Fsp3) is 0.857. The highest BCUT2D eigenvalue weighted by Gasteiger charge is 2.51. The number of amides is 2. The number of rotatable bonds is 4. The molecule has 0 aromatic carbocycles. The summed E-state index contributed by atoms with van der Waals surface area (Å²) >= 11 is 0. The summed E-state index contributed by atoms with van der Waals surface area (Å²) in [6.07, 6.45) is 3.61. The van der Waals surface area contributed by atoms with Crippen LogP contribution in [0.25, 0.3) is 0 Å². The summed E-state index contributed by atoms with van der Waals surface area (Å²) in [5.41, 5.74) is -0.652. The molecule has 1 saturated carbocycles. The first-order chi connectivity index (χ1) is 8.47. The second-order valence-corrected chi connectivity index (χ2v) is 6.04. The Morgan fingerprint density at radius 2 is 2.11 bits per heavy atom. The predicted molar refractivity (Wildman–Crippen MR) is 69.9 cm³/mol. The molecule has 2 atom stereocenters. The molecule has 0 radical (unpaired) electrons. The molecule has 0 bridgehead atoms. The van der Waals surface area contributed by atoms with E-state index in [1.807, 2.05) is 11.8 Å². The van der Waals surface area contributed by atoms with Crippen LogP contribution in [0, 0.1) is 11.8 Å². The van der Waals surface area contributed by atoms with Crippen molar-refractivity contribution in [2.24, 2.45) is 11.8 Å². The maximum atomic E-state index is 12.7. The highest BCUT2D eigenvalue weighted by Crippen LogP contribution is 2.41. The van der Waals surface area contributed by atoms with E-state index in [1.165, 1.54) is 0 Å². The van der Waals surface area contributed by atoms with E-state index in [-0.39, 0.29) is 11.8 Å². The molecule has 2 amide bonds. The van der Waals surface area contributed by atoms with Crippen LogP contribution in [0.15, 0.2) is 0 Å². The van der Waals surface area contributed by atoms with Gasteiger partial charge in [-0.15, -0.1) is 0 Å². The average Bonchev–Trinajstić information content (AvgIpc) is 3.16. The van der Waals surface area contributed by atoms with E-state index in [9.17, 15) is 9.59 Å². The molecule has 1 heterocycles. The number of carbonyl (C=O) groups is 2. The fourth-order valence-corrected chi connectivity index (χ4v) is 2.69. The van der Waals surface area contributed by atoms with Crippen LogP contribution in [-0.2, 0) is 9.59 Å². The maximum absolute atomic E-state index is 12.7. The Bertz CT molecular complexity index is 352. The van der Waals surface area contributed by atoms with Gasteiger partial charge in [0.15, 0.2) is 0 Å². The molecule has 0 aromatic heterocycles. The molecule has 1 saturated heterocycles. The molecule has 4 heteroatoms. The first-order valence-corrected chi connectivity index (χ1v) is 7.07. The van der Waals surface area contributed by atoms with Gasteiger partial charge in [-0.25, -0.2) is 0 Å². The van der Waals surface area contributed by atoms with Gasteiger partial charge in [-0.3, -0.25) is 9.59 Å². The van der Waals surface area contributed by atoms with E-state index in [2.05, 4.69) is 19.2 Å². The van der Waals surface area contributed by atoms with Crippen LogP contribution in [0.4, 0.5) is 0 Å². The zero-order chi connectivity index (χ0) is 13.3. The number of nitrogens with one attached hydrogen (secondary N) is 1. The fourth-order valence-electron chi connectivity index (χ4n) is 2.69. The Morgan fingerprint density at radius 3 is 2.67 bits per heavy atom. The largest absolute Gasteiger partial charge is 0.342 e. The lowest BCUT2D eigenvalue weighted by Gasteiger charge is -2.33. The Balaban J connectivity index is 2.15. The number of carbonyl (C=O) groups excluding carboxylic acids is 2. The van der Waals surface area contributed by atoms with Gasteiger partial charge in [-0.05, 0) is 31.6 Å². The molecular formula is C14H24N2O2. The van der Waals surface area contributed by atoms with E-state index in [0.29, 0.717) is 24.8 Å². The van der Waals surface area contributed by atoms with Gasteiger partial charge in [0.1, 0.15) is 5.54 Å². The molecular weight excluding hydrogens is 228 g/mol. The van der Waals surface area contributed by atoms with Crippen molar-refractivity contribution in [3.8, 4) is 0 Å². The SMILES string of the molecule is CCC(C)CN1CCC(=O)NC(C)(C2CC2)C1=O. The van der Waals surface area contributed by atoms with Crippen LogP contribution in [-0.4, -0.2) is 35.3 Å². The molecule has 1 aliphatic carbocycles. The zero-order valence-corrected chi connectivity index (χ0v) is 11.7. The van der Waals surface area contributed by atoms with Crippen molar-refractivity contribution >= 4 is 11.8 Å². The summed E-state index contributed by atoms with van der Waals surface area (Å²) in [5, 5.41) is 2.96. The van der Waals surface area contributed by atoms with Crippen molar-refractivity contribution in [2.45, 2.75) is 52.0 Å². The zero-order valence-electron chi connectivity index (χ0n) is 11.7. The number of nitrogens with zero attached hydrogens (tertiary/aromatic N) is 1. The predicted octanol–water partition coefficient (Wildman–Crippen LogP) is 1.55. The highest BCUT2D eigenvalue weighted by atomic mass is 16.2. The van der Waals surface area contributed by atoms with Gasteiger partial charge in [0, 0.05) is 19.5 Å². The summed E-state index contributed by atoms with van der Waals surface area (Å²) < 4.78 is 0. The van der Waals surface area contributed by atoms with Crippen molar-refractivity contribution < 1.29 is 9.59 Å². The van der Waals surface area contributed by atoms with Gasteiger partial charge in [0.2, 0.25) is 11.8 Å². The van der Waals surface area contributed by atoms with Gasteiger partial charge in [0.25, 0.3) is 0 Å². The topological polar surface area (TPSA) is 49.4 Å². The molecule has 2 aliphatic rings. The summed E-state index contributed by atoms with van der Waals surface area (Å²) in [6.45, 7) is 7.53. The molecule has 2 rings (SSSR count). The minimum Gasteiger partial charge on any atom is -0.342 e. The first-order valence-electron chi connectivity index (χ1n) is 7.07. The van der Waals surface area contributed by atoms with Gasteiger partial charge < -0.3 is 10.2 Å². The molecule has 1 aliphatic heterocycles. The minimum absolute atomic E-state index is 0.0180. The Labute approximate surface area is 109 Å². The van der Waals surface area contributed by atoms with Crippen molar-refractivity contribution in [2.75, 3.05) is 13.1 Å². The monoisotopic (exact) mass is 252 g/mol. The molecule has 2 fully saturated rings. The highest BCUT2D eigenvalue weighted by molar-refractivity contribution is 5.93. The molecule has 4 nitrogen and oxygen atoms in total. The summed E-state index contributed by atoms with van der Waals surface area (Å²) in [5.74, 6) is 0.970. The number of hydrogen-bond donors (Lipinski definition) is 1.